The number of pyridine rings is 1. The second-order valence-corrected chi connectivity index (χ2v) is 8.50. The van der Waals surface area contributed by atoms with Crippen molar-refractivity contribution >= 4 is 16.8 Å². The van der Waals surface area contributed by atoms with Crippen LogP contribution in [0.15, 0.2) is 24.3 Å². The first-order chi connectivity index (χ1) is 13.4. The van der Waals surface area contributed by atoms with E-state index in [0.29, 0.717) is 19.5 Å². The lowest BCUT2D eigenvalue weighted by Gasteiger charge is -2.47. The number of ether oxygens (including phenoxy) is 1. The van der Waals surface area contributed by atoms with Crippen LogP contribution in [0.4, 0.5) is 0 Å². The topological polar surface area (TPSA) is 62.7 Å². The zero-order chi connectivity index (χ0) is 19.9. The maximum absolute atomic E-state index is 13.3. The number of aliphatic hydroxyl groups excluding tert-OH is 1. The number of likely N-dealkylation sites (tertiary alicyclic amines) is 1. The Balaban J connectivity index is 1.55. The average Bonchev–Trinajstić information content (AvgIpc) is 2.67. The number of carbonyl (C=O) groups is 1. The van der Waals surface area contributed by atoms with E-state index in [4.69, 9.17) is 4.74 Å². The number of aliphatic hydroxyl groups is 1. The van der Waals surface area contributed by atoms with Crippen LogP contribution in [0.1, 0.15) is 60.6 Å². The van der Waals surface area contributed by atoms with Crippen molar-refractivity contribution in [3.8, 4) is 0 Å². The van der Waals surface area contributed by atoms with Crippen LogP contribution in [0.2, 0.25) is 0 Å². The number of para-hydroxylation sites is 1. The number of carbonyl (C=O) groups excluding carboxylic acids is 1. The molecule has 1 amide bonds. The molecular weight excluding hydrogens is 352 g/mol. The van der Waals surface area contributed by atoms with Gasteiger partial charge in [-0.3, -0.25) is 9.78 Å². The summed E-state index contributed by atoms with van der Waals surface area (Å²) in [6.45, 7) is 7.40. The summed E-state index contributed by atoms with van der Waals surface area (Å²) < 4.78 is 6.37. The highest BCUT2D eigenvalue weighted by atomic mass is 16.5. The van der Waals surface area contributed by atoms with E-state index in [1.807, 2.05) is 43.0 Å². The van der Waals surface area contributed by atoms with Crippen molar-refractivity contribution in [2.75, 3.05) is 13.1 Å². The molecule has 2 atom stereocenters. The van der Waals surface area contributed by atoms with Gasteiger partial charge in [0, 0.05) is 30.6 Å². The van der Waals surface area contributed by atoms with Gasteiger partial charge in [0.15, 0.2) is 0 Å². The summed E-state index contributed by atoms with van der Waals surface area (Å²) in [6.07, 6.45) is 3.73. The Hall–Kier alpha value is -1.98. The maximum atomic E-state index is 13.3. The Bertz CT molecular complexity index is 887. The fraction of sp³-hybridized carbons (Fsp3) is 0.565. The number of benzene rings is 1. The van der Waals surface area contributed by atoms with Gasteiger partial charge in [-0.15, -0.1) is 0 Å². The van der Waals surface area contributed by atoms with E-state index in [9.17, 15) is 9.90 Å². The van der Waals surface area contributed by atoms with Crippen molar-refractivity contribution in [2.24, 2.45) is 0 Å². The predicted octanol–water partition coefficient (Wildman–Crippen LogP) is 3.78. The molecule has 2 fully saturated rings. The highest BCUT2D eigenvalue weighted by Gasteiger charge is 2.43. The third-order valence-corrected chi connectivity index (χ3v) is 6.38. The van der Waals surface area contributed by atoms with E-state index < -0.39 is 0 Å². The Labute approximate surface area is 166 Å². The smallest absolute Gasteiger partial charge is 0.254 e. The van der Waals surface area contributed by atoms with Crippen molar-refractivity contribution in [2.45, 2.75) is 70.7 Å². The number of rotatable bonds is 2. The summed E-state index contributed by atoms with van der Waals surface area (Å²) >= 11 is 0. The van der Waals surface area contributed by atoms with Gasteiger partial charge in [0.05, 0.1) is 28.9 Å². The monoisotopic (exact) mass is 382 g/mol. The molecule has 2 saturated heterocycles. The van der Waals surface area contributed by atoms with Crippen LogP contribution < -0.4 is 0 Å². The van der Waals surface area contributed by atoms with Crippen LogP contribution in [0.5, 0.6) is 0 Å². The molecule has 1 aromatic heterocycles. The van der Waals surface area contributed by atoms with Gasteiger partial charge in [-0.1, -0.05) is 25.1 Å². The molecule has 4 rings (SSSR count). The number of amides is 1. The highest BCUT2D eigenvalue weighted by molar-refractivity contribution is 6.06. The van der Waals surface area contributed by atoms with Gasteiger partial charge in [0.25, 0.3) is 5.91 Å². The van der Waals surface area contributed by atoms with E-state index in [-0.39, 0.29) is 23.7 Å². The molecule has 0 radical (unpaired) electrons. The van der Waals surface area contributed by atoms with E-state index in [1.165, 1.54) is 0 Å². The van der Waals surface area contributed by atoms with Gasteiger partial charge in [-0.25, -0.2) is 0 Å². The predicted molar refractivity (Wildman–Crippen MR) is 109 cm³/mol. The molecule has 2 aliphatic heterocycles. The first kappa shape index (κ1) is 19.3. The summed E-state index contributed by atoms with van der Waals surface area (Å²) in [5.74, 6) is 0.0688. The molecule has 5 heteroatoms. The van der Waals surface area contributed by atoms with Crippen molar-refractivity contribution in [1.82, 2.24) is 9.88 Å². The van der Waals surface area contributed by atoms with Crippen molar-refractivity contribution in [1.29, 1.82) is 0 Å². The van der Waals surface area contributed by atoms with Crippen LogP contribution in [0.25, 0.3) is 10.9 Å². The Morgan fingerprint density at radius 2 is 2.07 bits per heavy atom. The molecule has 150 valence electrons. The van der Waals surface area contributed by atoms with Gasteiger partial charge >= 0.3 is 0 Å². The first-order valence-corrected chi connectivity index (χ1v) is 10.4. The van der Waals surface area contributed by atoms with Crippen molar-refractivity contribution < 1.29 is 14.6 Å². The quantitative estimate of drug-likeness (QED) is 0.859. The number of fused-ring (bicyclic) bond motifs is 1. The second-order valence-electron chi connectivity index (χ2n) is 8.50. The molecule has 0 saturated carbocycles. The standard InChI is InChI=1S/C23H30N2O3/c1-4-18-13-17(26)14-23(28-18)8-10-25(11-9-23)22(27)20-12-16(3)24-21-15(2)6-5-7-19(20)21/h5-7,12,17-18,26H,4,8-11,13-14H2,1-3H3/t17-,18+/m1/s1. The number of piperidine rings is 1. The van der Waals surface area contributed by atoms with E-state index in [0.717, 1.165) is 53.4 Å². The van der Waals surface area contributed by atoms with Gasteiger partial charge in [0.1, 0.15) is 0 Å². The minimum Gasteiger partial charge on any atom is -0.393 e. The van der Waals surface area contributed by atoms with E-state index in [1.54, 1.807) is 0 Å². The zero-order valence-electron chi connectivity index (χ0n) is 17.1. The van der Waals surface area contributed by atoms with Crippen molar-refractivity contribution in [3.05, 3.63) is 41.1 Å². The fourth-order valence-corrected chi connectivity index (χ4v) is 4.82. The molecule has 0 unspecified atom stereocenters. The molecule has 3 heterocycles. The number of hydrogen-bond acceptors (Lipinski definition) is 4. The van der Waals surface area contributed by atoms with Crippen LogP contribution >= 0.6 is 0 Å². The normalized spacial score (nSPS) is 24.6. The first-order valence-electron chi connectivity index (χ1n) is 10.4. The SMILES string of the molecule is CC[C@H]1C[C@@H](O)CC2(CCN(C(=O)c3cc(C)nc4c(C)cccc34)CC2)O1. The molecule has 2 aliphatic rings. The minimum absolute atomic E-state index is 0.0688. The number of aromatic nitrogens is 1. The molecule has 1 aromatic carbocycles. The van der Waals surface area contributed by atoms with Gasteiger partial charge in [-0.05, 0) is 51.2 Å². The van der Waals surface area contributed by atoms with Crippen molar-refractivity contribution in [3.63, 3.8) is 0 Å². The molecule has 1 N–H and O–H groups in total. The van der Waals surface area contributed by atoms with Gasteiger partial charge in [-0.2, -0.15) is 0 Å². The molecule has 5 nitrogen and oxygen atoms in total. The molecule has 1 spiro atoms. The van der Waals surface area contributed by atoms with Crippen LogP contribution in [-0.2, 0) is 4.74 Å². The lowest BCUT2D eigenvalue weighted by Crippen LogP contribution is -2.53. The average molecular weight is 383 g/mol. The summed E-state index contributed by atoms with van der Waals surface area (Å²) in [7, 11) is 0. The molecule has 0 bridgehead atoms. The van der Waals surface area contributed by atoms with Gasteiger partial charge < -0.3 is 14.7 Å². The van der Waals surface area contributed by atoms with E-state index >= 15 is 0 Å². The summed E-state index contributed by atoms with van der Waals surface area (Å²) in [5.41, 5.74) is 3.32. The van der Waals surface area contributed by atoms with Gasteiger partial charge in [0.2, 0.25) is 0 Å². The Morgan fingerprint density at radius 1 is 1.32 bits per heavy atom. The summed E-state index contributed by atoms with van der Waals surface area (Å²) in [5, 5.41) is 11.2. The minimum atomic E-state index is -0.296. The lowest BCUT2D eigenvalue weighted by molar-refractivity contribution is -0.179. The molecular formula is C23H30N2O3. The number of hydrogen-bond donors (Lipinski definition) is 1. The third kappa shape index (κ3) is 3.53. The third-order valence-electron chi connectivity index (χ3n) is 6.38. The second kappa shape index (κ2) is 7.45. The highest BCUT2D eigenvalue weighted by Crippen LogP contribution is 2.38. The van der Waals surface area contributed by atoms with Crippen LogP contribution in [0, 0.1) is 13.8 Å². The molecule has 0 aliphatic carbocycles. The lowest BCUT2D eigenvalue weighted by atomic mass is 9.81. The van der Waals surface area contributed by atoms with Crippen LogP contribution in [-0.4, -0.2) is 51.8 Å². The van der Waals surface area contributed by atoms with Crippen LogP contribution in [0.3, 0.4) is 0 Å². The molecule has 2 aromatic rings. The fourth-order valence-electron chi connectivity index (χ4n) is 4.82. The zero-order valence-corrected chi connectivity index (χ0v) is 17.1. The number of aryl methyl sites for hydroxylation is 2. The molecule has 28 heavy (non-hydrogen) atoms. The Kier molecular flexibility index (Phi) is 5.15. The number of nitrogens with zero attached hydrogens (tertiary/aromatic N) is 2. The maximum Gasteiger partial charge on any atom is 0.254 e. The Morgan fingerprint density at radius 3 is 2.79 bits per heavy atom. The largest absolute Gasteiger partial charge is 0.393 e. The summed E-state index contributed by atoms with van der Waals surface area (Å²) in [6, 6.07) is 7.91. The summed E-state index contributed by atoms with van der Waals surface area (Å²) in [4.78, 5) is 19.9. The van der Waals surface area contributed by atoms with E-state index in [2.05, 4.69) is 11.9 Å².